The average Bonchev–Trinajstić information content (AvgIpc) is 2.71. The number of azo groups is 1. The minimum Gasteiger partial charge on any atom is -0.506 e. The van der Waals surface area contributed by atoms with Gasteiger partial charge in [-0.2, -0.15) is 16.8 Å². The zero-order valence-electron chi connectivity index (χ0n) is 16.2. The Morgan fingerprint density at radius 2 is 1.44 bits per heavy atom. The zero-order valence-corrected chi connectivity index (χ0v) is 18.7. The quantitative estimate of drug-likeness (QED) is 0.337. The molecule has 0 aliphatic heterocycles. The van der Waals surface area contributed by atoms with E-state index in [1.807, 2.05) is 0 Å². The summed E-state index contributed by atoms with van der Waals surface area (Å²) < 4.78 is 89.0. The van der Waals surface area contributed by atoms with E-state index in [9.17, 15) is 39.5 Å². The number of rotatable bonds is 6. The van der Waals surface area contributed by atoms with Crippen molar-refractivity contribution in [3.8, 4) is 5.75 Å². The smallest absolute Gasteiger partial charge is 0.296 e. The molecule has 0 aliphatic rings. The number of hydrogen-bond acceptors (Lipinski definition) is 9. The second-order valence-electron chi connectivity index (χ2n) is 6.50. The maximum atomic E-state index is 12.0. The highest BCUT2D eigenvalue weighted by Crippen LogP contribution is 2.38. The van der Waals surface area contributed by atoms with E-state index < -0.39 is 40.7 Å². The van der Waals surface area contributed by atoms with Crippen LogP contribution in [0.1, 0.15) is 6.92 Å². The van der Waals surface area contributed by atoms with Gasteiger partial charge < -0.3 is 5.11 Å². The number of phenolic OH excluding ortho intramolecular Hbond substituents is 1. The summed E-state index contributed by atoms with van der Waals surface area (Å²) in [5, 5.41) is 18.2. The predicted octanol–water partition coefficient (Wildman–Crippen LogP) is 3.25. The fraction of sp³-hybridized carbons (Fsp3) is 0.111. The SMILES string of the molecule is CCS(=O)(=O)c1ccc(/N=N/c2c(O)ccc3cc(S(=O)(=O)O)ccc23)c(S(=O)(=O)O)c1. The molecule has 0 atom stereocenters. The van der Waals surface area contributed by atoms with Gasteiger partial charge >= 0.3 is 0 Å². The summed E-state index contributed by atoms with van der Waals surface area (Å²) in [4.78, 5) is -1.53. The van der Waals surface area contributed by atoms with Crippen molar-refractivity contribution < 1.29 is 39.5 Å². The van der Waals surface area contributed by atoms with Gasteiger partial charge in [0, 0.05) is 5.39 Å². The van der Waals surface area contributed by atoms with Crippen LogP contribution >= 0.6 is 0 Å². The fourth-order valence-corrected chi connectivity index (χ4v) is 4.94. The molecule has 14 heteroatoms. The molecular formula is C18H16N2O9S3. The highest BCUT2D eigenvalue weighted by Gasteiger charge is 2.21. The maximum Gasteiger partial charge on any atom is 0.296 e. The first-order valence-corrected chi connectivity index (χ1v) is 13.3. The normalized spacial score (nSPS) is 13.1. The van der Waals surface area contributed by atoms with E-state index in [0.717, 1.165) is 30.3 Å². The van der Waals surface area contributed by atoms with Gasteiger partial charge in [-0.05, 0) is 41.8 Å². The van der Waals surface area contributed by atoms with Gasteiger partial charge in [0.25, 0.3) is 20.2 Å². The summed E-state index contributed by atoms with van der Waals surface area (Å²) >= 11 is 0. The van der Waals surface area contributed by atoms with E-state index in [1.165, 1.54) is 25.1 Å². The molecule has 170 valence electrons. The van der Waals surface area contributed by atoms with Crippen molar-refractivity contribution >= 4 is 52.2 Å². The van der Waals surface area contributed by atoms with Gasteiger partial charge in [-0.1, -0.05) is 19.1 Å². The molecule has 3 aromatic carbocycles. The Hall–Kier alpha value is -2.91. The summed E-state index contributed by atoms with van der Waals surface area (Å²) in [5.41, 5.74) is -0.551. The molecule has 0 saturated heterocycles. The van der Waals surface area contributed by atoms with E-state index in [2.05, 4.69) is 10.2 Å². The van der Waals surface area contributed by atoms with Crippen LogP contribution in [-0.4, -0.2) is 45.2 Å². The molecule has 0 saturated carbocycles. The zero-order chi connectivity index (χ0) is 23.9. The summed E-state index contributed by atoms with van der Waals surface area (Å²) in [6.07, 6.45) is 0. The third kappa shape index (κ3) is 4.78. The molecule has 0 aromatic heterocycles. The van der Waals surface area contributed by atoms with E-state index >= 15 is 0 Å². The summed E-state index contributed by atoms with van der Waals surface area (Å²) in [6, 6.07) is 8.91. The maximum absolute atomic E-state index is 12.0. The van der Waals surface area contributed by atoms with E-state index in [0.29, 0.717) is 0 Å². The van der Waals surface area contributed by atoms with Crippen LogP contribution in [0, 0.1) is 0 Å². The predicted molar refractivity (Wildman–Crippen MR) is 114 cm³/mol. The van der Waals surface area contributed by atoms with E-state index in [4.69, 9.17) is 0 Å². The molecule has 3 aromatic rings. The number of aromatic hydroxyl groups is 1. The molecule has 3 N–H and O–H groups in total. The molecule has 0 spiro atoms. The van der Waals surface area contributed by atoms with E-state index in [1.54, 1.807) is 0 Å². The lowest BCUT2D eigenvalue weighted by Gasteiger charge is -2.07. The van der Waals surface area contributed by atoms with Crippen LogP contribution in [0.4, 0.5) is 11.4 Å². The molecular weight excluding hydrogens is 484 g/mol. The van der Waals surface area contributed by atoms with Gasteiger partial charge in [0.1, 0.15) is 22.0 Å². The average molecular weight is 501 g/mol. The topological polar surface area (TPSA) is 188 Å². The van der Waals surface area contributed by atoms with Crippen LogP contribution in [0.3, 0.4) is 0 Å². The highest BCUT2D eigenvalue weighted by molar-refractivity contribution is 7.91. The molecule has 11 nitrogen and oxygen atoms in total. The minimum absolute atomic E-state index is 0.157. The molecule has 3 rings (SSSR count). The lowest BCUT2D eigenvalue weighted by molar-refractivity contribution is 0.477. The summed E-state index contributed by atoms with van der Waals surface area (Å²) in [5.74, 6) is -0.673. The van der Waals surface area contributed by atoms with Gasteiger partial charge in [0.2, 0.25) is 0 Å². The van der Waals surface area contributed by atoms with Crippen molar-refractivity contribution in [2.75, 3.05) is 5.75 Å². The van der Waals surface area contributed by atoms with Gasteiger partial charge in [-0.3, -0.25) is 9.11 Å². The van der Waals surface area contributed by atoms with Crippen LogP contribution in [0.5, 0.6) is 5.75 Å². The number of benzene rings is 3. The Bertz CT molecular complexity index is 1580. The monoisotopic (exact) mass is 500 g/mol. The first-order chi connectivity index (χ1) is 14.7. The van der Waals surface area contributed by atoms with Gasteiger partial charge in [-0.15, -0.1) is 10.2 Å². The Kier molecular flexibility index (Phi) is 6.10. The van der Waals surface area contributed by atoms with Gasteiger partial charge in [0.15, 0.2) is 9.84 Å². The van der Waals surface area contributed by atoms with E-state index in [-0.39, 0.29) is 37.8 Å². The molecule has 0 amide bonds. The molecule has 0 fully saturated rings. The van der Waals surface area contributed by atoms with Crippen LogP contribution in [0.2, 0.25) is 0 Å². The lowest BCUT2D eigenvalue weighted by Crippen LogP contribution is -2.06. The standard InChI is InChI=1S/C18H16N2O9S3/c1-2-30(22,23)12-5-7-15(17(10-12)32(27,28)29)19-20-18-14-6-4-13(31(24,25)26)9-11(14)3-8-16(18)21/h3-10,21H,2H2,1H3,(H,24,25,26)(H,27,28,29)/b20-19+. The fourth-order valence-electron chi connectivity index (χ4n) is 2.79. The number of nitrogens with zero attached hydrogens (tertiary/aromatic N) is 2. The van der Waals surface area contributed by atoms with Crippen molar-refractivity contribution in [1.82, 2.24) is 0 Å². The second kappa shape index (κ2) is 8.22. The highest BCUT2D eigenvalue weighted by atomic mass is 32.2. The van der Waals surface area contributed by atoms with Crippen molar-refractivity contribution in [3.63, 3.8) is 0 Å². The van der Waals surface area contributed by atoms with Crippen LogP contribution in [0.25, 0.3) is 10.8 Å². The van der Waals surface area contributed by atoms with Gasteiger partial charge in [-0.25, -0.2) is 8.42 Å². The largest absolute Gasteiger partial charge is 0.506 e. The molecule has 0 radical (unpaired) electrons. The first kappa shape index (κ1) is 23.7. The van der Waals surface area contributed by atoms with Crippen LogP contribution in [-0.2, 0) is 30.1 Å². The molecule has 0 aliphatic carbocycles. The molecule has 32 heavy (non-hydrogen) atoms. The number of sulfone groups is 1. The third-order valence-corrected chi connectivity index (χ3v) is 7.91. The molecule has 0 heterocycles. The Morgan fingerprint density at radius 3 is 2.03 bits per heavy atom. The van der Waals surface area contributed by atoms with Crippen LogP contribution < -0.4 is 0 Å². The number of hydrogen-bond donors (Lipinski definition) is 3. The third-order valence-electron chi connectivity index (χ3n) is 4.45. The van der Waals surface area contributed by atoms with Crippen LogP contribution in [0.15, 0.2) is 73.4 Å². The minimum atomic E-state index is -4.88. The Labute approximate surface area is 183 Å². The number of fused-ring (bicyclic) bond motifs is 1. The van der Waals surface area contributed by atoms with Crippen molar-refractivity contribution in [1.29, 1.82) is 0 Å². The van der Waals surface area contributed by atoms with Crippen molar-refractivity contribution in [3.05, 3.63) is 48.5 Å². The second-order valence-corrected chi connectivity index (χ2v) is 11.6. The van der Waals surface area contributed by atoms with Gasteiger partial charge in [0.05, 0.1) is 15.5 Å². The lowest BCUT2D eigenvalue weighted by atomic mass is 10.1. The first-order valence-electron chi connectivity index (χ1n) is 8.73. The molecule has 0 unspecified atom stereocenters. The Morgan fingerprint density at radius 1 is 0.781 bits per heavy atom. The van der Waals surface area contributed by atoms with Crippen molar-refractivity contribution in [2.24, 2.45) is 10.2 Å². The Balaban J connectivity index is 2.18. The summed E-state index contributed by atoms with van der Waals surface area (Å²) in [7, 11) is -13.1. The summed E-state index contributed by atoms with van der Waals surface area (Å²) in [6.45, 7) is 1.37. The number of phenols is 1. The van der Waals surface area contributed by atoms with Crippen molar-refractivity contribution in [2.45, 2.75) is 21.6 Å². The molecule has 0 bridgehead atoms.